The van der Waals surface area contributed by atoms with Crippen LogP contribution in [0.2, 0.25) is 5.02 Å². The second kappa shape index (κ2) is 8.34. The van der Waals surface area contributed by atoms with E-state index in [2.05, 4.69) is 5.32 Å². The number of nitrogens with one attached hydrogen (secondary N) is 1. The average molecular weight is 437 g/mol. The zero-order chi connectivity index (χ0) is 21.2. The molecule has 3 rings (SSSR count). The van der Waals surface area contributed by atoms with Gasteiger partial charge >= 0.3 is 0 Å². The van der Waals surface area contributed by atoms with Crippen LogP contribution < -0.4 is 10.1 Å². The Hall–Kier alpha value is -2.09. The van der Waals surface area contributed by atoms with Crippen molar-refractivity contribution in [2.75, 3.05) is 12.8 Å². The lowest BCUT2D eigenvalue weighted by Gasteiger charge is -2.38. The number of halogens is 1. The standard InChI is InChI=1S/C21H25ClN2O4S/c1-21(2)12-18(16-9-5-7-11-19(16)28-21)23-20(25)14-24(29(3,26)27)13-15-8-4-6-10-17(15)22/h4-11,18H,12-14H2,1-3H3,(H,23,25)/t18-/m0/s1. The summed E-state index contributed by atoms with van der Waals surface area (Å²) < 4.78 is 31.6. The Morgan fingerprint density at radius 2 is 1.86 bits per heavy atom. The number of nitrogens with zero attached hydrogens (tertiary/aromatic N) is 1. The zero-order valence-corrected chi connectivity index (χ0v) is 18.3. The van der Waals surface area contributed by atoms with E-state index in [0.29, 0.717) is 17.0 Å². The van der Waals surface area contributed by atoms with Gasteiger partial charge in [-0.2, -0.15) is 4.31 Å². The molecule has 1 amide bonds. The molecular formula is C21H25ClN2O4S. The van der Waals surface area contributed by atoms with Gasteiger partial charge in [0.2, 0.25) is 15.9 Å². The Kier molecular flexibility index (Phi) is 6.22. The third-order valence-corrected chi connectivity index (χ3v) is 6.37. The molecule has 0 unspecified atom stereocenters. The van der Waals surface area contributed by atoms with Gasteiger partial charge in [0.1, 0.15) is 11.4 Å². The van der Waals surface area contributed by atoms with Gasteiger partial charge in [0, 0.05) is 23.6 Å². The van der Waals surface area contributed by atoms with E-state index in [1.807, 2.05) is 38.1 Å². The highest BCUT2D eigenvalue weighted by atomic mass is 35.5. The fraction of sp³-hybridized carbons (Fsp3) is 0.381. The van der Waals surface area contributed by atoms with E-state index < -0.39 is 15.6 Å². The molecule has 29 heavy (non-hydrogen) atoms. The van der Waals surface area contributed by atoms with Crippen molar-refractivity contribution < 1.29 is 17.9 Å². The van der Waals surface area contributed by atoms with Crippen molar-refractivity contribution in [2.45, 2.75) is 38.5 Å². The maximum Gasteiger partial charge on any atom is 0.235 e. The van der Waals surface area contributed by atoms with Gasteiger partial charge in [-0.05, 0) is 31.5 Å². The second-order valence-electron chi connectivity index (χ2n) is 7.85. The van der Waals surface area contributed by atoms with Gasteiger partial charge in [-0.15, -0.1) is 0 Å². The summed E-state index contributed by atoms with van der Waals surface area (Å²) in [6.45, 7) is 3.66. The highest BCUT2D eigenvalue weighted by Gasteiger charge is 2.34. The predicted octanol–water partition coefficient (Wildman–Crippen LogP) is 3.52. The molecule has 156 valence electrons. The largest absolute Gasteiger partial charge is 0.487 e. The minimum absolute atomic E-state index is 0.0295. The summed E-state index contributed by atoms with van der Waals surface area (Å²) in [4.78, 5) is 12.8. The molecule has 0 aliphatic carbocycles. The Bertz CT molecular complexity index is 1010. The number of carbonyl (C=O) groups is 1. The molecule has 0 bridgehead atoms. The van der Waals surface area contributed by atoms with Crippen molar-refractivity contribution in [2.24, 2.45) is 0 Å². The number of ether oxygens (including phenoxy) is 1. The van der Waals surface area contributed by atoms with Gasteiger partial charge in [-0.25, -0.2) is 8.42 Å². The smallest absolute Gasteiger partial charge is 0.235 e. The Morgan fingerprint density at radius 3 is 2.55 bits per heavy atom. The summed E-state index contributed by atoms with van der Waals surface area (Å²) in [6.07, 6.45) is 1.67. The molecule has 1 aliphatic rings. The quantitative estimate of drug-likeness (QED) is 0.751. The first-order valence-electron chi connectivity index (χ1n) is 9.31. The topological polar surface area (TPSA) is 75.7 Å². The Balaban J connectivity index is 1.76. The Labute approximate surface area is 176 Å². The number of sulfonamides is 1. The SMILES string of the molecule is CC1(C)C[C@H](NC(=O)CN(Cc2ccccc2Cl)S(C)(=O)=O)c2ccccc2O1. The fourth-order valence-corrected chi connectivity index (χ4v) is 4.36. The number of hydrogen-bond acceptors (Lipinski definition) is 4. The molecule has 1 aliphatic heterocycles. The molecule has 2 aromatic carbocycles. The first-order valence-corrected chi connectivity index (χ1v) is 11.5. The Morgan fingerprint density at radius 1 is 1.21 bits per heavy atom. The van der Waals surface area contributed by atoms with E-state index in [9.17, 15) is 13.2 Å². The third kappa shape index (κ3) is 5.50. The van der Waals surface area contributed by atoms with E-state index in [1.165, 1.54) is 0 Å². The molecular weight excluding hydrogens is 412 g/mol. The lowest BCUT2D eigenvalue weighted by molar-refractivity contribution is -0.122. The molecule has 0 fully saturated rings. The molecule has 2 aromatic rings. The van der Waals surface area contributed by atoms with Crippen LogP contribution in [0.4, 0.5) is 0 Å². The molecule has 0 aromatic heterocycles. The molecule has 0 spiro atoms. The summed E-state index contributed by atoms with van der Waals surface area (Å²) in [6, 6.07) is 14.3. The van der Waals surface area contributed by atoms with Gasteiger partial charge in [0.15, 0.2) is 0 Å². The maximum absolute atomic E-state index is 12.8. The van der Waals surface area contributed by atoms with Crippen LogP contribution in [-0.4, -0.2) is 37.0 Å². The van der Waals surface area contributed by atoms with Crippen LogP contribution >= 0.6 is 11.6 Å². The van der Waals surface area contributed by atoms with E-state index in [-0.39, 0.29) is 25.0 Å². The van der Waals surface area contributed by atoms with Crippen molar-refractivity contribution in [3.63, 3.8) is 0 Å². The summed E-state index contributed by atoms with van der Waals surface area (Å²) in [5.41, 5.74) is 1.09. The molecule has 8 heteroatoms. The van der Waals surface area contributed by atoms with E-state index in [1.54, 1.807) is 24.3 Å². The summed E-state index contributed by atoms with van der Waals surface area (Å²) in [7, 11) is -3.61. The second-order valence-corrected chi connectivity index (χ2v) is 10.2. The van der Waals surface area contributed by atoms with E-state index in [0.717, 1.165) is 21.9 Å². The van der Waals surface area contributed by atoms with Crippen LogP contribution in [0.25, 0.3) is 0 Å². The first-order chi connectivity index (χ1) is 13.5. The highest BCUT2D eigenvalue weighted by Crippen LogP contribution is 2.39. The number of para-hydroxylation sites is 1. The number of hydrogen-bond donors (Lipinski definition) is 1. The van der Waals surface area contributed by atoms with Crippen LogP contribution in [0.15, 0.2) is 48.5 Å². The van der Waals surface area contributed by atoms with Crippen LogP contribution in [0.1, 0.15) is 37.4 Å². The average Bonchev–Trinajstić information content (AvgIpc) is 2.61. The van der Waals surface area contributed by atoms with Crippen LogP contribution in [0.5, 0.6) is 5.75 Å². The lowest BCUT2D eigenvalue weighted by Crippen LogP contribution is -2.45. The van der Waals surface area contributed by atoms with Crippen LogP contribution in [0.3, 0.4) is 0 Å². The summed E-state index contributed by atoms with van der Waals surface area (Å²) in [5.74, 6) is 0.352. The normalized spacial score (nSPS) is 18.0. The molecule has 1 heterocycles. The lowest BCUT2D eigenvalue weighted by atomic mass is 9.89. The van der Waals surface area contributed by atoms with Crippen molar-refractivity contribution >= 4 is 27.5 Å². The monoisotopic (exact) mass is 436 g/mol. The number of rotatable bonds is 6. The van der Waals surface area contributed by atoms with E-state index >= 15 is 0 Å². The molecule has 1 N–H and O–H groups in total. The minimum Gasteiger partial charge on any atom is -0.487 e. The van der Waals surface area contributed by atoms with Crippen molar-refractivity contribution in [3.8, 4) is 5.75 Å². The molecule has 0 saturated heterocycles. The van der Waals surface area contributed by atoms with E-state index in [4.69, 9.17) is 16.3 Å². The van der Waals surface area contributed by atoms with Gasteiger partial charge < -0.3 is 10.1 Å². The zero-order valence-electron chi connectivity index (χ0n) is 16.7. The van der Waals surface area contributed by atoms with Gasteiger partial charge in [-0.1, -0.05) is 48.0 Å². The fourth-order valence-electron chi connectivity index (χ4n) is 3.44. The minimum atomic E-state index is -3.61. The summed E-state index contributed by atoms with van der Waals surface area (Å²) in [5, 5.41) is 3.44. The summed E-state index contributed by atoms with van der Waals surface area (Å²) >= 11 is 6.16. The number of fused-ring (bicyclic) bond motifs is 1. The van der Waals surface area contributed by atoms with Gasteiger partial charge in [0.25, 0.3) is 0 Å². The number of benzene rings is 2. The van der Waals surface area contributed by atoms with Crippen LogP contribution in [-0.2, 0) is 21.4 Å². The van der Waals surface area contributed by atoms with Gasteiger partial charge in [0.05, 0.1) is 18.8 Å². The van der Waals surface area contributed by atoms with Crippen molar-refractivity contribution in [1.29, 1.82) is 0 Å². The number of amides is 1. The van der Waals surface area contributed by atoms with Crippen LogP contribution in [0, 0.1) is 0 Å². The molecule has 1 atom stereocenters. The van der Waals surface area contributed by atoms with Crippen molar-refractivity contribution in [1.82, 2.24) is 9.62 Å². The van der Waals surface area contributed by atoms with Gasteiger partial charge in [-0.3, -0.25) is 4.79 Å². The predicted molar refractivity (Wildman–Crippen MR) is 113 cm³/mol. The van der Waals surface area contributed by atoms with Crippen molar-refractivity contribution in [3.05, 3.63) is 64.7 Å². The molecule has 0 radical (unpaired) electrons. The third-order valence-electron chi connectivity index (χ3n) is 4.81. The molecule has 6 nitrogen and oxygen atoms in total. The maximum atomic E-state index is 12.8. The molecule has 0 saturated carbocycles. The number of carbonyl (C=O) groups excluding carboxylic acids is 1. The highest BCUT2D eigenvalue weighted by molar-refractivity contribution is 7.88. The first kappa shape index (κ1) is 21.6.